The molecule has 2 aliphatic carbocycles. The highest BCUT2D eigenvalue weighted by Gasteiger charge is 2.44. The van der Waals surface area contributed by atoms with Crippen molar-refractivity contribution in [1.82, 2.24) is 4.90 Å². The van der Waals surface area contributed by atoms with Gasteiger partial charge in [0.1, 0.15) is 6.10 Å². The first kappa shape index (κ1) is 15.0. The van der Waals surface area contributed by atoms with Crippen molar-refractivity contribution in [1.29, 1.82) is 0 Å². The highest BCUT2D eigenvalue weighted by atomic mass is 16.5. The Bertz CT molecular complexity index is 407. The molecule has 3 atom stereocenters. The molecule has 0 unspecified atom stereocenters. The van der Waals surface area contributed by atoms with E-state index in [1.54, 1.807) is 0 Å². The first-order valence-corrected chi connectivity index (χ1v) is 8.50. The highest BCUT2D eigenvalue weighted by Crippen LogP contribution is 2.33. The number of allylic oxidation sites excluding steroid dienone is 1. The fraction of sp³-hybridized carbons (Fsp3) is 0.824. The van der Waals surface area contributed by atoms with Gasteiger partial charge in [-0.1, -0.05) is 11.6 Å². The van der Waals surface area contributed by atoms with Crippen molar-refractivity contribution < 1.29 is 14.3 Å². The Labute approximate surface area is 127 Å². The molecule has 1 saturated carbocycles. The molecule has 21 heavy (non-hydrogen) atoms. The van der Waals surface area contributed by atoms with Gasteiger partial charge in [-0.05, 0) is 45.4 Å². The van der Waals surface area contributed by atoms with E-state index in [0.29, 0.717) is 19.6 Å². The summed E-state index contributed by atoms with van der Waals surface area (Å²) in [5.74, 6) is 0.268. The van der Waals surface area contributed by atoms with Crippen LogP contribution in [0.25, 0.3) is 0 Å². The summed E-state index contributed by atoms with van der Waals surface area (Å²) in [6.45, 7) is 4.07. The van der Waals surface area contributed by atoms with E-state index in [-0.39, 0.29) is 24.2 Å². The monoisotopic (exact) mass is 293 g/mol. The Balaban J connectivity index is 1.67. The molecule has 3 aliphatic rings. The molecule has 1 amide bonds. The minimum atomic E-state index is 0.0711. The summed E-state index contributed by atoms with van der Waals surface area (Å²) in [6.07, 6.45) is 9.89. The summed E-state index contributed by atoms with van der Waals surface area (Å²) in [6, 6.07) is 0.217. The van der Waals surface area contributed by atoms with Crippen LogP contribution in [0.15, 0.2) is 11.6 Å². The van der Waals surface area contributed by atoms with Gasteiger partial charge in [-0.3, -0.25) is 4.79 Å². The number of hydrogen-bond acceptors (Lipinski definition) is 3. The van der Waals surface area contributed by atoms with Crippen molar-refractivity contribution in [3.8, 4) is 0 Å². The Kier molecular flexibility index (Phi) is 4.96. The van der Waals surface area contributed by atoms with Crippen LogP contribution in [0.1, 0.15) is 51.9 Å². The zero-order valence-corrected chi connectivity index (χ0v) is 13.1. The molecule has 4 heteroatoms. The second-order valence-corrected chi connectivity index (χ2v) is 6.35. The molecule has 0 N–H and O–H groups in total. The molecule has 2 fully saturated rings. The molecule has 3 rings (SSSR count). The maximum absolute atomic E-state index is 12.7. The van der Waals surface area contributed by atoms with Crippen LogP contribution in [0, 0.1) is 0 Å². The number of ether oxygens (including phenoxy) is 2. The summed E-state index contributed by atoms with van der Waals surface area (Å²) < 4.78 is 11.8. The lowest BCUT2D eigenvalue weighted by atomic mass is 9.96. The Morgan fingerprint density at radius 3 is 3.10 bits per heavy atom. The first-order chi connectivity index (χ1) is 10.3. The molecule has 0 spiro atoms. The van der Waals surface area contributed by atoms with Gasteiger partial charge in [0.2, 0.25) is 5.91 Å². The second kappa shape index (κ2) is 6.93. The topological polar surface area (TPSA) is 38.8 Å². The maximum Gasteiger partial charge on any atom is 0.227 e. The van der Waals surface area contributed by atoms with Gasteiger partial charge in [0.15, 0.2) is 0 Å². The van der Waals surface area contributed by atoms with Gasteiger partial charge >= 0.3 is 0 Å². The second-order valence-electron chi connectivity index (χ2n) is 6.35. The fourth-order valence-electron chi connectivity index (χ4n) is 3.97. The molecule has 4 nitrogen and oxygen atoms in total. The molecule has 1 saturated heterocycles. The van der Waals surface area contributed by atoms with Crippen LogP contribution in [0.2, 0.25) is 0 Å². The minimum Gasteiger partial charge on any atom is -0.374 e. The van der Waals surface area contributed by atoms with Gasteiger partial charge in [-0.25, -0.2) is 0 Å². The standard InChI is InChI=1S/C17H27NO3/c1-2-20-17-14-8-9-15(17)21-11-10-18(14)16(19)12-13-6-4-3-5-7-13/h6,14-15,17H,2-5,7-12H2,1H3/t14-,15-,17+/m1/s1. The normalized spacial score (nSPS) is 32.7. The van der Waals surface area contributed by atoms with E-state index < -0.39 is 0 Å². The molecular formula is C17H27NO3. The van der Waals surface area contributed by atoms with Gasteiger partial charge in [0.05, 0.1) is 18.8 Å². The van der Waals surface area contributed by atoms with E-state index in [4.69, 9.17) is 9.47 Å². The van der Waals surface area contributed by atoms with Crippen molar-refractivity contribution in [2.75, 3.05) is 19.8 Å². The number of amides is 1. The summed E-state index contributed by atoms with van der Waals surface area (Å²) in [7, 11) is 0. The molecule has 2 bridgehead atoms. The molecule has 1 aliphatic heterocycles. The van der Waals surface area contributed by atoms with Crippen molar-refractivity contribution in [2.24, 2.45) is 0 Å². The van der Waals surface area contributed by atoms with Gasteiger partial charge in [0, 0.05) is 19.6 Å². The quantitative estimate of drug-likeness (QED) is 0.748. The number of nitrogens with zero attached hydrogens (tertiary/aromatic N) is 1. The van der Waals surface area contributed by atoms with Crippen molar-refractivity contribution in [2.45, 2.75) is 70.1 Å². The van der Waals surface area contributed by atoms with Crippen molar-refractivity contribution in [3.63, 3.8) is 0 Å². The third kappa shape index (κ3) is 3.32. The van der Waals surface area contributed by atoms with E-state index in [2.05, 4.69) is 6.08 Å². The van der Waals surface area contributed by atoms with Crippen LogP contribution in [0.4, 0.5) is 0 Å². The number of carbonyl (C=O) groups excluding carboxylic acids is 1. The summed E-state index contributed by atoms with van der Waals surface area (Å²) >= 11 is 0. The van der Waals surface area contributed by atoms with Crippen LogP contribution in [0.5, 0.6) is 0 Å². The first-order valence-electron chi connectivity index (χ1n) is 8.50. The molecule has 0 aromatic rings. The van der Waals surface area contributed by atoms with E-state index in [1.165, 1.54) is 18.4 Å². The van der Waals surface area contributed by atoms with E-state index in [0.717, 1.165) is 32.2 Å². The van der Waals surface area contributed by atoms with Gasteiger partial charge in [-0.15, -0.1) is 0 Å². The number of hydrogen-bond donors (Lipinski definition) is 0. The average molecular weight is 293 g/mol. The SMILES string of the molecule is CCO[C@H]1[C@H]2CC[C@H]1OCCN2C(=O)CC1=CCCCC1. The lowest BCUT2D eigenvalue weighted by Crippen LogP contribution is -2.46. The Hall–Kier alpha value is -0.870. The van der Waals surface area contributed by atoms with Crippen LogP contribution in [-0.2, 0) is 14.3 Å². The van der Waals surface area contributed by atoms with Crippen LogP contribution in [-0.4, -0.2) is 48.8 Å². The number of fused-ring (bicyclic) bond motifs is 2. The van der Waals surface area contributed by atoms with Crippen LogP contribution in [0.3, 0.4) is 0 Å². The van der Waals surface area contributed by atoms with E-state index in [1.807, 2.05) is 11.8 Å². The summed E-state index contributed by atoms with van der Waals surface area (Å²) in [4.78, 5) is 14.8. The molecule has 1 heterocycles. The Morgan fingerprint density at radius 2 is 2.33 bits per heavy atom. The molecule has 118 valence electrons. The third-order valence-electron chi connectivity index (χ3n) is 5.00. The van der Waals surface area contributed by atoms with Crippen molar-refractivity contribution in [3.05, 3.63) is 11.6 Å². The predicted octanol–water partition coefficient (Wildman–Crippen LogP) is 2.67. The van der Waals surface area contributed by atoms with E-state index >= 15 is 0 Å². The summed E-state index contributed by atoms with van der Waals surface area (Å²) in [5, 5.41) is 0. The molecule has 0 radical (unpaired) electrons. The summed E-state index contributed by atoms with van der Waals surface area (Å²) in [5.41, 5.74) is 1.33. The largest absolute Gasteiger partial charge is 0.374 e. The average Bonchev–Trinajstić information content (AvgIpc) is 2.76. The van der Waals surface area contributed by atoms with Gasteiger partial charge < -0.3 is 14.4 Å². The predicted molar refractivity (Wildman–Crippen MR) is 81.1 cm³/mol. The Morgan fingerprint density at radius 1 is 1.43 bits per heavy atom. The van der Waals surface area contributed by atoms with Crippen LogP contribution < -0.4 is 0 Å². The zero-order valence-electron chi connectivity index (χ0n) is 13.1. The fourth-order valence-corrected chi connectivity index (χ4v) is 3.97. The van der Waals surface area contributed by atoms with E-state index in [9.17, 15) is 4.79 Å². The lowest BCUT2D eigenvalue weighted by Gasteiger charge is -2.31. The zero-order chi connectivity index (χ0) is 14.7. The van der Waals surface area contributed by atoms with Gasteiger partial charge in [0.25, 0.3) is 0 Å². The van der Waals surface area contributed by atoms with Crippen LogP contribution >= 0.6 is 0 Å². The lowest BCUT2D eigenvalue weighted by molar-refractivity contribution is -0.135. The minimum absolute atomic E-state index is 0.0711. The van der Waals surface area contributed by atoms with Gasteiger partial charge in [-0.2, -0.15) is 0 Å². The molecule has 0 aromatic carbocycles. The third-order valence-corrected chi connectivity index (χ3v) is 5.00. The molecule has 0 aromatic heterocycles. The highest BCUT2D eigenvalue weighted by molar-refractivity contribution is 5.79. The smallest absolute Gasteiger partial charge is 0.227 e. The number of rotatable bonds is 4. The maximum atomic E-state index is 12.7. The van der Waals surface area contributed by atoms with Crippen molar-refractivity contribution >= 4 is 5.91 Å². The molecular weight excluding hydrogens is 266 g/mol. The number of carbonyl (C=O) groups is 1.